The zero-order valence-electron chi connectivity index (χ0n) is 15.0. The van der Waals surface area contributed by atoms with E-state index in [-0.39, 0.29) is 0 Å². The first-order valence-electron chi connectivity index (χ1n) is 8.86. The number of benzene rings is 1. The molecule has 2 saturated carbocycles. The third-order valence-electron chi connectivity index (χ3n) is 5.32. The van der Waals surface area contributed by atoms with E-state index in [1.54, 1.807) is 14.2 Å². The number of guanidine groups is 1. The number of hydrogen-bond acceptors (Lipinski definition) is 3. The Labute approximate surface area is 144 Å². The topological polar surface area (TPSA) is 54.9 Å². The van der Waals surface area contributed by atoms with E-state index in [4.69, 9.17) is 9.47 Å². The summed E-state index contributed by atoms with van der Waals surface area (Å²) in [6.07, 6.45) is 6.52. The van der Waals surface area contributed by atoms with Crippen molar-refractivity contribution in [1.29, 1.82) is 0 Å². The van der Waals surface area contributed by atoms with Gasteiger partial charge in [0.2, 0.25) is 0 Å². The Morgan fingerprint density at radius 2 is 1.92 bits per heavy atom. The van der Waals surface area contributed by atoms with Crippen molar-refractivity contribution >= 4 is 5.96 Å². The van der Waals surface area contributed by atoms with Crippen LogP contribution in [-0.2, 0) is 6.42 Å². The van der Waals surface area contributed by atoms with Gasteiger partial charge in [0.25, 0.3) is 0 Å². The zero-order chi connectivity index (χ0) is 17.0. The van der Waals surface area contributed by atoms with E-state index in [2.05, 4.69) is 21.7 Å². The molecule has 0 aliphatic heterocycles. The van der Waals surface area contributed by atoms with E-state index in [9.17, 15) is 0 Å². The number of methoxy groups -OCH3 is 2. The van der Waals surface area contributed by atoms with Gasteiger partial charge >= 0.3 is 0 Å². The van der Waals surface area contributed by atoms with Crippen LogP contribution in [-0.4, -0.2) is 40.3 Å². The van der Waals surface area contributed by atoms with Crippen molar-refractivity contribution in [3.8, 4) is 11.5 Å². The van der Waals surface area contributed by atoms with Crippen LogP contribution < -0.4 is 20.1 Å². The van der Waals surface area contributed by atoms with Crippen LogP contribution in [0.25, 0.3) is 0 Å². The Morgan fingerprint density at radius 1 is 1.17 bits per heavy atom. The molecule has 2 aliphatic carbocycles. The monoisotopic (exact) mass is 331 g/mol. The van der Waals surface area contributed by atoms with Crippen LogP contribution in [0, 0.1) is 11.3 Å². The number of nitrogens with zero attached hydrogens (tertiary/aromatic N) is 1. The fourth-order valence-corrected chi connectivity index (χ4v) is 3.43. The van der Waals surface area contributed by atoms with Crippen LogP contribution in [0.1, 0.15) is 31.2 Å². The lowest BCUT2D eigenvalue weighted by atomic mass is 10.0. The van der Waals surface area contributed by atoms with Crippen molar-refractivity contribution in [1.82, 2.24) is 10.6 Å². The first kappa shape index (κ1) is 16.9. The summed E-state index contributed by atoms with van der Waals surface area (Å²) in [4.78, 5) is 4.34. The van der Waals surface area contributed by atoms with Crippen molar-refractivity contribution < 1.29 is 9.47 Å². The van der Waals surface area contributed by atoms with E-state index in [0.717, 1.165) is 42.9 Å². The average molecular weight is 331 g/mol. The Kier molecular flexibility index (Phi) is 5.17. The highest BCUT2D eigenvalue weighted by molar-refractivity contribution is 5.79. The molecule has 0 atom stereocenters. The molecule has 1 aromatic rings. The lowest BCUT2D eigenvalue weighted by Crippen LogP contribution is -2.41. The Morgan fingerprint density at radius 3 is 2.50 bits per heavy atom. The van der Waals surface area contributed by atoms with Crippen molar-refractivity contribution in [3.05, 3.63) is 23.8 Å². The van der Waals surface area contributed by atoms with Crippen LogP contribution in [0.15, 0.2) is 23.2 Å². The fourth-order valence-electron chi connectivity index (χ4n) is 3.43. The molecule has 5 heteroatoms. The summed E-state index contributed by atoms with van der Waals surface area (Å²) >= 11 is 0. The second-order valence-electron chi connectivity index (χ2n) is 6.93. The Balaban J connectivity index is 1.44. The van der Waals surface area contributed by atoms with Gasteiger partial charge in [0.1, 0.15) is 0 Å². The summed E-state index contributed by atoms with van der Waals surface area (Å²) in [5.74, 6) is 3.41. The summed E-state index contributed by atoms with van der Waals surface area (Å²) in [5, 5.41) is 6.93. The maximum absolute atomic E-state index is 5.36. The van der Waals surface area contributed by atoms with Crippen molar-refractivity contribution in [3.63, 3.8) is 0 Å². The molecule has 0 spiro atoms. The van der Waals surface area contributed by atoms with Crippen LogP contribution in [0.5, 0.6) is 11.5 Å². The first-order chi connectivity index (χ1) is 11.7. The molecule has 2 aliphatic rings. The first-order valence-corrected chi connectivity index (χ1v) is 8.86. The van der Waals surface area contributed by atoms with Gasteiger partial charge in [0.15, 0.2) is 17.5 Å². The van der Waals surface area contributed by atoms with Gasteiger partial charge in [-0.1, -0.05) is 6.07 Å². The van der Waals surface area contributed by atoms with Gasteiger partial charge in [0.05, 0.1) is 14.2 Å². The maximum atomic E-state index is 5.36. The highest BCUT2D eigenvalue weighted by Crippen LogP contribution is 2.60. The summed E-state index contributed by atoms with van der Waals surface area (Å²) in [5.41, 5.74) is 1.80. The van der Waals surface area contributed by atoms with E-state index >= 15 is 0 Å². The lowest BCUT2D eigenvalue weighted by Gasteiger charge is -2.18. The molecule has 0 radical (unpaired) electrons. The quantitative estimate of drug-likeness (QED) is 0.568. The minimum Gasteiger partial charge on any atom is -0.493 e. The standard InChI is InChI=1S/C19H29N3O2/c1-20-18(22-13-19(9-10-19)15-5-6-15)21-11-8-14-4-7-16(23-2)17(12-14)24-3/h4,7,12,15H,5-6,8-11,13H2,1-3H3,(H2,20,21,22). The molecule has 24 heavy (non-hydrogen) atoms. The SMILES string of the molecule is CN=C(NCCc1ccc(OC)c(OC)c1)NCC1(C2CC2)CC1. The molecule has 0 bridgehead atoms. The van der Waals surface area contributed by atoms with E-state index in [1.807, 2.05) is 19.2 Å². The smallest absolute Gasteiger partial charge is 0.191 e. The van der Waals surface area contributed by atoms with Gasteiger partial charge in [0, 0.05) is 20.1 Å². The molecule has 0 amide bonds. The van der Waals surface area contributed by atoms with Gasteiger partial charge in [-0.25, -0.2) is 0 Å². The van der Waals surface area contributed by atoms with Crippen LogP contribution in [0.4, 0.5) is 0 Å². The fraction of sp³-hybridized carbons (Fsp3) is 0.632. The Bertz CT molecular complexity index is 592. The van der Waals surface area contributed by atoms with Crippen LogP contribution in [0.3, 0.4) is 0 Å². The van der Waals surface area contributed by atoms with Crippen molar-refractivity contribution in [2.75, 3.05) is 34.4 Å². The minimum atomic E-state index is 0.584. The van der Waals surface area contributed by atoms with Crippen molar-refractivity contribution in [2.45, 2.75) is 32.1 Å². The van der Waals surface area contributed by atoms with Gasteiger partial charge < -0.3 is 20.1 Å². The van der Waals surface area contributed by atoms with E-state index in [0.29, 0.717) is 5.41 Å². The number of aliphatic imine (C=N–C) groups is 1. The molecule has 0 aromatic heterocycles. The largest absolute Gasteiger partial charge is 0.493 e. The number of rotatable bonds is 8. The number of ether oxygens (including phenoxy) is 2. The second-order valence-corrected chi connectivity index (χ2v) is 6.93. The molecular weight excluding hydrogens is 302 g/mol. The third-order valence-corrected chi connectivity index (χ3v) is 5.32. The lowest BCUT2D eigenvalue weighted by molar-refractivity contribution is 0.354. The molecule has 0 saturated heterocycles. The van der Waals surface area contributed by atoms with Gasteiger partial charge in [-0.05, 0) is 61.1 Å². The summed E-state index contributed by atoms with van der Waals surface area (Å²) in [6.45, 7) is 1.90. The van der Waals surface area contributed by atoms with Gasteiger partial charge in [-0.3, -0.25) is 4.99 Å². The van der Waals surface area contributed by atoms with Gasteiger partial charge in [-0.2, -0.15) is 0 Å². The number of nitrogens with one attached hydrogen (secondary N) is 2. The molecule has 0 heterocycles. The Hall–Kier alpha value is -1.91. The summed E-state index contributed by atoms with van der Waals surface area (Å²) in [6, 6.07) is 6.06. The molecule has 2 N–H and O–H groups in total. The molecule has 1 aromatic carbocycles. The molecule has 2 fully saturated rings. The molecular formula is C19H29N3O2. The molecule has 3 rings (SSSR count). The predicted octanol–water partition coefficient (Wildman–Crippen LogP) is 2.60. The predicted molar refractivity (Wildman–Crippen MR) is 97.0 cm³/mol. The molecule has 5 nitrogen and oxygen atoms in total. The average Bonchev–Trinajstić information content (AvgIpc) is 3.50. The van der Waals surface area contributed by atoms with Crippen molar-refractivity contribution in [2.24, 2.45) is 16.3 Å². The summed E-state index contributed by atoms with van der Waals surface area (Å²) < 4.78 is 10.6. The van der Waals surface area contributed by atoms with E-state index < -0.39 is 0 Å². The molecule has 132 valence electrons. The second kappa shape index (κ2) is 7.32. The van der Waals surface area contributed by atoms with E-state index in [1.165, 1.54) is 31.2 Å². The third kappa shape index (κ3) is 3.94. The highest BCUT2D eigenvalue weighted by Gasteiger charge is 2.53. The number of hydrogen-bond donors (Lipinski definition) is 2. The van der Waals surface area contributed by atoms with Crippen LogP contribution in [0.2, 0.25) is 0 Å². The maximum Gasteiger partial charge on any atom is 0.191 e. The normalized spacial score (nSPS) is 18.9. The zero-order valence-corrected chi connectivity index (χ0v) is 15.0. The van der Waals surface area contributed by atoms with Crippen LogP contribution >= 0.6 is 0 Å². The summed E-state index contributed by atoms with van der Waals surface area (Å²) in [7, 11) is 5.16. The highest BCUT2D eigenvalue weighted by atomic mass is 16.5. The molecule has 0 unspecified atom stereocenters. The minimum absolute atomic E-state index is 0.584. The van der Waals surface area contributed by atoms with Gasteiger partial charge in [-0.15, -0.1) is 0 Å².